The predicted molar refractivity (Wildman–Crippen MR) is 79.5 cm³/mol. The third kappa shape index (κ3) is 2.82. The van der Waals surface area contributed by atoms with Gasteiger partial charge < -0.3 is 10.1 Å². The molecule has 0 fully saturated rings. The van der Waals surface area contributed by atoms with E-state index < -0.39 is 0 Å². The van der Waals surface area contributed by atoms with E-state index in [0.29, 0.717) is 0 Å². The maximum Gasteiger partial charge on any atom is 0.161 e. The number of rotatable bonds is 4. The van der Waals surface area contributed by atoms with E-state index in [1.807, 2.05) is 18.8 Å². The predicted octanol–water partition coefficient (Wildman–Crippen LogP) is 2.81. The molecule has 0 spiro atoms. The van der Waals surface area contributed by atoms with Crippen LogP contribution < -0.4 is 10.1 Å². The van der Waals surface area contributed by atoms with E-state index in [4.69, 9.17) is 4.74 Å². The van der Waals surface area contributed by atoms with Gasteiger partial charge >= 0.3 is 0 Å². The first-order valence-corrected chi connectivity index (χ1v) is 6.86. The Balaban J connectivity index is 2.52. The third-order valence-corrected chi connectivity index (χ3v) is 3.59. The van der Waals surface area contributed by atoms with Crippen LogP contribution in [0.3, 0.4) is 0 Å². The fourth-order valence-electron chi connectivity index (χ4n) is 2.31. The summed E-state index contributed by atoms with van der Waals surface area (Å²) in [5.74, 6) is 0.791. The van der Waals surface area contributed by atoms with Crippen molar-refractivity contribution in [2.45, 2.75) is 13.0 Å². The average Bonchev–Trinajstić information content (AvgIpc) is 2.71. The van der Waals surface area contributed by atoms with Crippen LogP contribution in [0.4, 0.5) is 0 Å². The van der Waals surface area contributed by atoms with Gasteiger partial charge in [0.2, 0.25) is 0 Å². The Hall–Kier alpha value is -1.33. The normalized spacial score (nSPS) is 12.5. The molecule has 2 rings (SSSR count). The van der Waals surface area contributed by atoms with Crippen molar-refractivity contribution in [3.63, 3.8) is 0 Å². The van der Waals surface area contributed by atoms with Crippen molar-refractivity contribution >= 4 is 15.9 Å². The zero-order valence-electron chi connectivity index (χ0n) is 11.6. The van der Waals surface area contributed by atoms with Crippen LogP contribution in [0.25, 0.3) is 0 Å². The number of halogens is 1. The highest BCUT2D eigenvalue weighted by Crippen LogP contribution is 2.31. The van der Waals surface area contributed by atoms with E-state index in [-0.39, 0.29) is 6.04 Å². The van der Waals surface area contributed by atoms with Crippen LogP contribution in [0.5, 0.6) is 5.75 Å². The Morgan fingerprint density at radius 2 is 2.11 bits per heavy atom. The monoisotopic (exact) mass is 323 g/mol. The molecule has 0 bridgehead atoms. The lowest BCUT2D eigenvalue weighted by molar-refractivity contribution is 0.402. The smallest absolute Gasteiger partial charge is 0.161 e. The minimum atomic E-state index is 0.0404. The Kier molecular flexibility index (Phi) is 4.27. The molecule has 19 heavy (non-hydrogen) atoms. The molecule has 0 amide bonds. The summed E-state index contributed by atoms with van der Waals surface area (Å²) < 4.78 is 8.31. The Morgan fingerprint density at radius 1 is 1.37 bits per heavy atom. The van der Waals surface area contributed by atoms with E-state index >= 15 is 0 Å². The molecular weight excluding hydrogens is 306 g/mol. The Bertz CT molecular complexity index is 560. The van der Waals surface area contributed by atoms with Crippen molar-refractivity contribution in [1.82, 2.24) is 15.1 Å². The molecular formula is C14H18BrN3O. The van der Waals surface area contributed by atoms with Crippen molar-refractivity contribution in [2.24, 2.45) is 7.05 Å². The van der Waals surface area contributed by atoms with E-state index in [1.165, 1.54) is 11.1 Å². The highest BCUT2D eigenvalue weighted by atomic mass is 79.9. The van der Waals surface area contributed by atoms with Crippen LogP contribution in [0.1, 0.15) is 22.9 Å². The number of aromatic nitrogens is 2. The second-order valence-corrected chi connectivity index (χ2v) is 5.42. The van der Waals surface area contributed by atoms with Gasteiger partial charge in [-0.25, -0.2) is 0 Å². The summed E-state index contributed by atoms with van der Waals surface area (Å²) >= 11 is 3.55. The Labute approximate surface area is 121 Å². The summed E-state index contributed by atoms with van der Waals surface area (Å²) in [7, 11) is 5.53. The fraction of sp³-hybridized carbons (Fsp3) is 0.357. The molecule has 0 aliphatic carbocycles. The molecule has 2 aromatic rings. The first-order chi connectivity index (χ1) is 9.06. The van der Waals surface area contributed by atoms with Gasteiger partial charge in [0.1, 0.15) is 5.69 Å². The van der Waals surface area contributed by atoms with Crippen molar-refractivity contribution in [1.29, 1.82) is 0 Å². The van der Waals surface area contributed by atoms with E-state index in [1.54, 1.807) is 13.3 Å². The third-order valence-electron chi connectivity index (χ3n) is 3.13. The van der Waals surface area contributed by atoms with Crippen molar-refractivity contribution in [3.8, 4) is 5.75 Å². The molecule has 1 aromatic carbocycles. The van der Waals surface area contributed by atoms with Crippen LogP contribution in [-0.2, 0) is 7.05 Å². The minimum Gasteiger partial charge on any atom is -0.493 e. The number of methoxy groups -OCH3 is 1. The molecule has 0 aliphatic rings. The van der Waals surface area contributed by atoms with E-state index in [9.17, 15) is 0 Å². The SMILES string of the molecule is CNC(c1cc(C)cc(Br)c1)c1c(OC)cnn1C. The van der Waals surface area contributed by atoms with Crippen LogP contribution in [0, 0.1) is 6.92 Å². The quantitative estimate of drug-likeness (QED) is 0.940. The van der Waals surface area contributed by atoms with E-state index in [2.05, 4.69) is 51.5 Å². The molecule has 4 nitrogen and oxygen atoms in total. The lowest BCUT2D eigenvalue weighted by Gasteiger charge is -2.19. The number of nitrogens with zero attached hydrogens (tertiary/aromatic N) is 2. The lowest BCUT2D eigenvalue weighted by Crippen LogP contribution is -2.21. The summed E-state index contributed by atoms with van der Waals surface area (Å²) in [5.41, 5.74) is 3.41. The maximum atomic E-state index is 5.40. The molecule has 0 aliphatic heterocycles. The molecule has 0 saturated carbocycles. The number of hydrogen-bond donors (Lipinski definition) is 1. The van der Waals surface area contributed by atoms with Crippen LogP contribution in [-0.4, -0.2) is 23.9 Å². The fourth-order valence-corrected chi connectivity index (χ4v) is 2.93. The van der Waals surface area contributed by atoms with Gasteiger partial charge in [-0.1, -0.05) is 22.0 Å². The molecule has 1 N–H and O–H groups in total. The summed E-state index contributed by atoms with van der Waals surface area (Å²) in [4.78, 5) is 0. The highest BCUT2D eigenvalue weighted by Gasteiger charge is 2.21. The molecule has 1 heterocycles. The summed E-state index contributed by atoms with van der Waals surface area (Å²) in [6, 6.07) is 6.41. The molecule has 1 aromatic heterocycles. The molecule has 1 unspecified atom stereocenters. The highest BCUT2D eigenvalue weighted by molar-refractivity contribution is 9.10. The summed E-state index contributed by atoms with van der Waals surface area (Å²) in [6.45, 7) is 2.08. The molecule has 1 atom stereocenters. The second-order valence-electron chi connectivity index (χ2n) is 4.51. The van der Waals surface area contributed by atoms with Crippen molar-refractivity contribution in [3.05, 3.63) is 45.7 Å². The van der Waals surface area contributed by atoms with Gasteiger partial charge in [0.05, 0.1) is 19.3 Å². The van der Waals surface area contributed by atoms with Gasteiger partial charge in [-0.2, -0.15) is 5.10 Å². The van der Waals surface area contributed by atoms with Crippen LogP contribution in [0.15, 0.2) is 28.9 Å². The largest absolute Gasteiger partial charge is 0.493 e. The number of hydrogen-bond acceptors (Lipinski definition) is 3. The van der Waals surface area contributed by atoms with Crippen molar-refractivity contribution in [2.75, 3.05) is 14.2 Å². The first-order valence-electron chi connectivity index (χ1n) is 6.07. The zero-order chi connectivity index (χ0) is 14.0. The summed E-state index contributed by atoms with van der Waals surface area (Å²) in [6.07, 6.45) is 1.74. The van der Waals surface area contributed by atoms with Crippen LogP contribution in [0.2, 0.25) is 0 Å². The maximum absolute atomic E-state index is 5.40. The first kappa shape index (κ1) is 14.1. The van der Waals surface area contributed by atoms with Gasteiger partial charge in [-0.3, -0.25) is 4.68 Å². The van der Waals surface area contributed by atoms with Crippen LogP contribution >= 0.6 is 15.9 Å². The average molecular weight is 324 g/mol. The lowest BCUT2D eigenvalue weighted by atomic mass is 10.0. The topological polar surface area (TPSA) is 39.1 Å². The molecule has 5 heteroatoms. The zero-order valence-corrected chi connectivity index (χ0v) is 13.2. The van der Waals surface area contributed by atoms with Crippen molar-refractivity contribution < 1.29 is 4.74 Å². The van der Waals surface area contributed by atoms with Gasteiger partial charge in [-0.05, 0) is 37.2 Å². The van der Waals surface area contributed by atoms with E-state index in [0.717, 1.165) is 15.9 Å². The van der Waals surface area contributed by atoms with Gasteiger partial charge in [0.15, 0.2) is 5.75 Å². The standard InChI is InChI=1S/C14H18BrN3O/c1-9-5-10(7-11(15)6-9)13(16-2)14-12(19-4)8-17-18(14)3/h5-8,13,16H,1-4H3. The molecule has 102 valence electrons. The summed E-state index contributed by atoms with van der Waals surface area (Å²) in [5, 5.41) is 7.60. The second kappa shape index (κ2) is 5.75. The Morgan fingerprint density at radius 3 is 2.68 bits per heavy atom. The number of aryl methyl sites for hydroxylation is 2. The molecule has 0 saturated heterocycles. The minimum absolute atomic E-state index is 0.0404. The van der Waals surface area contributed by atoms with Gasteiger partial charge in [-0.15, -0.1) is 0 Å². The number of benzene rings is 1. The molecule has 0 radical (unpaired) electrons. The van der Waals surface area contributed by atoms with Gasteiger partial charge in [0, 0.05) is 11.5 Å². The number of ether oxygens (including phenoxy) is 1. The van der Waals surface area contributed by atoms with Gasteiger partial charge in [0.25, 0.3) is 0 Å². The number of nitrogens with one attached hydrogen (secondary N) is 1.